The van der Waals surface area contributed by atoms with Crippen LogP contribution in [0.2, 0.25) is 0 Å². The van der Waals surface area contributed by atoms with E-state index in [1.165, 1.54) is 0 Å². The van der Waals surface area contributed by atoms with Crippen LogP contribution in [0.15, 0.2) is 0 Å². The summed E-state index contributed by atoms with van der Waals surface area (Å²) >= 11 is 0. The van der Waals surface area contributed by atoms with Crippen molar-refractivity contribution in [2.24, 2.45) is 5.92 Å². The molecule has 3 nitrogen and oxygen atoms in total. The summed E-state index contributed by atoms with van der Waals surface area (Å²) in [5.74, 6) is 0.290. The minimum atomic E-state index is -0.306. The summed E-state index contributed by atoms with van der Waals surface area (Å²) < 4.78 is 0. The van der Waals surface area contributed by atoms with E-state index in [1.54, 1.807) is 0 Å². The molecule has 0 radical (unpaired) electrons. The van der Waals surface area contributed by atoms with Crippen molar-refractivity contribution in [3.8, 4) is 0 Å². The second-order valence-electron chi connectivity index (χ2n) is 4.92. The van der Waals surface area contributed by atoms with E-state index in [4.69, 9.17) is 0 Å². The molecular formula is C13H25NO2. The first-order chi connectivity index (χ1) is 7.38. The molecule has 0 aliphatic carbocycles. The van der Waals surface area contributed by atoms with Crippen molar-refractivity contribution in [2.75, 3.05) is 0 Å². The van der Waals surface area contributed by atoms with Crippen molar-refractivity contribution in [3.05, 3.63) is 0 Å². The van der Waals surface area contributed by atoms with Gasteiger partial charge in [-0.2, -0.15) is 0 Å². The zero-order chi connectivity index (χ0) is 12.7. The molecule has 1 atom stereocenters. The molecular weight excluding hydrogens is 202 g/mol. The first-order valence-electron chi connectivity index (χ1n) is 6.19. The van der Waals surface area contributed by atoms with Crippen molar-refractivity contribution < 1.29 is 9.59 Å². The van der Waals surface area contributed by atoms with Gasteiger partial charge in [0.25, 0.3) is 0 Å². The molecule has 0 amide bonds. The normalized spacial score (nSPS) is 13.2. The molecule has 0 heterocycles. The van der Waals surface area contributed by atoms with E-state index in [0.717, 1.165) is 6.42 Å². The standard InChI is InChI=1S/C13H25NO2/c1-6-7-11(15)8-12(14-10(4)5)13(16)9(2)3/h9-10,12,14H,6-8H2,1-5H3/t12-/m0/s1. The quantitative estimate of drug-likeness (QED) is 0.692. The van der Waals surface area contributed by atoms with Crippen LogP contribution < -0.4 is 5.32 Å². The minimum absolute atomic E-state index is 0.0225. The van der Waals surface area contributed by atoms with Crippen LogP contribution >= 0.6 is 0 Å². The van der Waals surface area contributed by atoms with E-state index >= 15 is 0 Å². The maximum Gasteiger partial charge on any atom is 0.152 e. The van der Waals surface area contributed by atoms with Gasteiger partial charge in [0.15, 0.2) is 5.78 Å². The van der Waals surface area contributed by atoms with E-state index in [-0.39, 0.29) is 29.6 Å². The second-order valence-corrected chi connectivity index (χ2v) is 4.92. The molecule has 0 aromatic carbocycles. The number of hydrogen-bond donors (Lipinski definition) is 1. The Balaban J connectivity index is 4.43. The van der Waals surface area contributed by atoms with Crippen molar-refractivity contribution in [1.29, 1.82) is 0 Å². The van der Waals surface area contributed by atoms with Gasteiger partial charge in [-0.05, 0) is 6.42 Å². The Morgan fingerprint density at radius 2 is 1.69 bits per heavy atom. The van der Waals surface area contributed by atoms with Crippen LogP contribution in [-0.2, 0) is 9.59 Å². The monoisotopic (exact) mass is 227 g/mol. The summed E-state index contributed by atoms with van der Waals surface area (Å²) in [6.45, 7) is 9.71. The van der Waals surface area contributed by atoms with E-state index in [0.29, 0.717) is 12.8 Å². The third kappa shape index (κ3) is 6.01. The van der Waals surface area contributed by atoms with Gasteiger partial charge in [0.2, 0.25) is 0 Å². The zero-order valence-corrected chi connectivity index (χ0v) is 11.2. The molecule has 0 aliphatic rings. The first-order valence-corrected chi connectivity index (χ1v) is 6.19. The minimum Gasteiger partial charge on any atom is -0.305 e. The van der Waals surface area contributed by atoms with Gasteiger partial charge in [-0.1, -0.05) is 34.6 Å². The maximum absolute atomic E-state index is 11.9. The average molecular weight is 227 g/mol. The fourth-order valence-electron chi connectivity index (χ4n) is 1.65. The fourth-order valence-corrected chi connectivity index (χ4v) is 1.65. The highest BCUT2D eigenvalue weighted by Gasteiger charge is 2.23. The average Bonchev–Trinajstić information content (AvgIpc) is 2.15. The molecule has 0 aromatic heterocycles. The number of hydrogen-bond acceptors (Lipinski definition) is 3. The molecule has 3 heteroatoms. The third-order valence-electron chi connectivity index (χ3n) is 2.41. The molecule has 16 heavy (non-hydrogen) atoms. The van der Waals surface area contributed by atoms with Crippen LogP contribution in [-0.4, -0.2) is 23.7 Å². The Hall–Kier alpha value is -0.700. The number of Topliss-reactive ketones (excluding diaryl/α,β-unsaturated/α-hetero) is 2. The van der Waals surface area contributed by atoms with E-state index in [1.807, 2.05) is 34.6 Å². The highest BCUT2D eigenvalue weighted by Crippen LogP contribution is 2.07. The van der Waals surface area contributed by atoms with Crippen LogP contribution in [0.1, 0.15) is 53.9 Å². The molecule has 1 N–H and O–H groups in total. The van der Waals surface area contributed by atoms with Gasteiger partial charge in [0, 0.05) is 24.8 Å². The number of ketones is 2. The molecule has 0 fully saturated rings. The van der Waals surface area contributed by atoms with Gasteiger partial charge in [-0.25, -0.2) is 0 Å². The predicted octanol–water partition coefficient (Wildman–Crippen LogP) is 2.34. The Morgan fingerprint density at radius 3 is 2.06 bits per heavy atom. The van der Waals surface area contributed by atoms with Crippen molar-refractivity contribution in [2.45, 2.75) is 66.0 Å². The summed E-state index contributed by atoms with van der Waals surface area (Å²) in [6, 6.07) is -0.0822. The Labute approximate surface area is 99.0 Å². The largest absolute Gasteiger partial charge is 0.305 e. The lowest BCUT2D eigenvalue weighted by Gasteiger charge is -2.21. The van der Waals surface area contributed by atoms with E-state index in [2.05, 4.69) is 5.32 Å². The van der Waals surface area contributed by atoms with Crippen LogP contribution in [0.3, 0.4) is 0 Å². The molecule has 0 unspecified atom stereocenters. The molecule has 0 rings (SSSR count). The number of carbonyl (C=O) groups is 2. The number of rotatable bonds is 8. The molecule has 0 aliphatic heterocycles. The summed E-state index contributed by atoms with van der Waals surface area (Å²) in [7, 11) is 0. The first kappa shape index (κ1) is 15.3. The van der Waals surface area contributed by atoms with Gasteiger partial charge in [0.05, 0.1) is 6.04 Å². The molecule has 0 saturated heterocycles. The number of carbonyl (C=O) groups excluding carboxylic acids is 2. The number of nitrogens with one attached hydrogen (secondary N) is 1. The maximum atomic E-state index is 11.9. The third-order valence-corrected chi connectivity index (χ3v) is 2.41. The topological polar surface area (TPSA) is 46.2 Å². The van der Waals surface area contributed by atoms with Gasteiger partial charge < -0.3 is 5.32 Å². The highest BCUT2D eigenvalue weighted by molar-refractivity contribution is 5.91. The van der Waals surface area contributed by atoms with Crippen LogP contribution in [0.4, 0.5) is 0 Å². The molecule has 94 valence electrons. The lowest BCUT2D eigenvalue weighted by molar-refractivity contribution is -0.128. The van der Waals surface area contributed by atoms with Crippen molar-refractivity contribution >= 4 is 11.6 Å². The van der Waals surface area contributed by atoms with E-state index < -0.39 is 0 Å². The highest BCUT2D eigenvalue weighted by atomic mass is 16.1. The SMILES string of the molecule is CCCC(=O)C[C@H](NC(C)C)C(=O)C(C)C. The Kier molecular flexibility index (Phi) is 7.22. The lowest BCUT2D eigenvalue weighted by atomic mass is 9.96. The lowest BCUT2D eigenvalue weighted by Crippen LogP contribution is -2.44. The summed E-state index contributed by atoms with van der Waals surface area (Å²) in [6.07, 6.45) is 1.76. The molecule has 0 aromatic rings. The van der Waals surface area contributed by atoms with Crippen LogP contribution in [0.5, 0.6) is 0 Å². The summed E-state index contributed by atoms with van der Waals surface area (Å²) in [4.78, 5) is 23.5. The predicted molar refractivity (Wildman–Crippen MR) is 66.4 cm³/mol. The molecule has 0 saturated carbocycles. The van der Waals surface area contributed by atoms with Gasteiger partial charge >= 0.3 is 0 Å². The van der Waals surface area contributed by atoms with Crippen molar-refractivity contribution in [3.63, 3.8) is 0 Å². The van der Waals surface area contributed by atoms with E-state index in [9.17, 15) is 9.59 Å². The Morgan fingerprint density at radius 1 is 1.12 bits per heavy atom. The molecule has 0 bridgehead atoms. The van der Waals surface area contributed by atoms with Gasteiger partial charge in [0.1, 0.15) is 5.78 Å². The summed E-state index contributed by atoms with van der Waals surface area (Å²) in [5, 5.41) is 3.18. The van der Waals surface area contributed by atoms with Gasteiger partial charge in [-0.15, -0.1) is 0 Å². The van der Waals surface area contributed by atoms with Gasteiger partial charge in [-0.3, -0.25) is 9.59 Å². The molecule has 0 spiro atoms. The fraction of sp³-hybridized carbons (Fsp3) is 0.846. The summed E-state index contributed by atoms with van der Waals surface area (Å²) in [5.41, 5.74) is 0. The van der Waals surface area contributed by atoms with Crippen molar-refractivity contribution in [1.82, 2.24) is 5.32 Å². The second kappa shape index (κ2) is 7.55. The van der Waals surface area contributed by atoms with Crippen LogP contribution in [0.25, 0.3) is 0 Å². The van der Waals surface area contributed by atoms with Crippen LogP contribution in [0, 0.1) is 5.92 Å². The zero-order valence-electron chi connectivity index (χ0n) is 11.2. The Bertz CT molecular complexity index is 234. The smallest absolute Gasteiger partial charge is 0.152 e.